The van der Waals surface area contributed by atoms with E-state index in [1.807, 2.05) is 43.3 Å². The van der Waals surface area contributed by atoms with Crippen molar-refractivity contribution in [2.75, 3.05) is 0 Å². The number of pyridine rings is 1. The number of ether oxygens (including phenoxy) is 1. The quantitative estimate of drug-likeness (QED) is 0.464. The van der Waals surface area contributed by atoms with Gasteiger partial charge in [-0.05, 0) is 91.8 Å². The van der Waals surface area contributed by atoms with Gasteiger partial charge in [0, 0.05) is 6.42 Å². The third-order valence-electron chi connectivity index (χ3n) is 6.16. The Kier molecular flexibility index (Phi) is 6.10. The van der Waals surface area contributed by atoms with Gasteiger partial charge in [0.15, 0.2) is 0 Å². The van der Waals surface area contributed by atoms with Crippen LogP contribution in [0.3, 0.4) is 0 Å². The fourth-order valence-corrected chi connectivity index (χ4v) is 4.30. The fraction of sp³-hybridized carbons (Fsp3) is 0.385. The third kappa shape index (κ3) is 5.20. The molecule has 0 amide bonds. The van der Waals surface area contributed by atoms with Crippen molar-refractivity contribution in [3.63, 3.8) is 0 Å². The fourth-order valence-electron chi connectivity index (χ4n) is 4.08. The van der Waals surface area contributed by atoms with Crippen LogP contribution in [0.5, 0.6) is 11.5 Å². The number of benzene rings is 1. The minimum Gasteiger partial charge on any atom is -0.454 e. The van der Waals surface area contributed by atoms with Gasteiger partial charge >= 0.3 is 0 Å². The number of carbonyl (C=O) groups excluding carboxylic acids is 1. The Morgan fingerprint density at radius 2 is 2.10 bits per heavy atom. The molecule has 0 bridgehead atoms. The predicted octanol–water partition coefficient (Wildman–Crippen LogP) is 7.50. The molecule has 4 rings (SSSR count). The number of nitrogens with zero attached hydrogens (tertiary/aromatic N) is 1. The summed E-state index contributed by atoms with van der Waals surface area (Å²) in [5.74, 6) is 1.67. The highest BCUT2D eigenvalue weighted by molar-refractivity contribution is 6.32. The number of ketones is 1. The average Bonchev–Trinajstić information content (AvgIpc) is 3.48. The molecule has 2 aliphatic rings. The Morgan fingerprint density at radius 1 is 1.27 bits per heavy atom. The first-order chi connectivity index (χ1) is 14.4. The summed E-state index contributed by atoms with van der Waals surface area (Å²) in [7, 11) is 0. The summed E-state index contributed by atoms with van der Waals surface area (Å²) in [5, 5.41) is 0.613. The molecule has 0 radical (unpaired) electrons. The van der Waals surface area contributed by atoms with Gasteiger partial charge in [-0.15, -0.1) is 0 Å². The maximum Gasteiger partial charge on any atom is 0.146 e. The Bertz CT molecular complexity index is 987. The van der Waals surface area contributed by atoms with E-state index in [4.69, 9.17) is 16.3 Å². The molecule has 0 aliphatic heterocycles. The molecular weight excluding hydrogens is 394 g/mol. The number of Topliss-reactive ketones (excluding diaryl/α,β-unsaturated/α-hetero) is 1. The first kappa shape index (κ1) is 20.9. The van der Waals surface area contributed by atoms with E-state index in [0.717, 1.165) is 12.1 Å². The molecule has 0 unspecified atom stereocenters. The maximum absolute atomic E-state index is 11.2. The van der Waals surface area contributed by atoms with Crippen LogP contribution < -0.4 is 4.74 Å². The molecule has 1 spiro atoms. The van der Waals surface area contributed by atoms with E-state index < -0.39 is 0 Å². The molecule has 1 aromatic carbocycles. The molecule has 0 N–H and O–H groups in total. The first-order valence-corrected chi connectivity index (χ1v) is 11.1. The van der Waals surface area contributed by atoms with Gasteiger partial charge in [-0.3, -0.25) is 4.98 Å². The molecule has 1 heterocycles. The number of aromatic nitrogens is 1. The van der Waals surface area contributed by atoms with Crippen LogP contribution >= 0.6 is 11.6 Å². The molecule has 4 heteroatoms. The first-order valence-electron chi connectivity index (χ1n) is 10.7. The number of hydrogen-bond acceptors (Lipinski definition) is 3. The normalized spacial score (nSPS) is 18.3. The van der Waals surface area contributed by atoms with Crippen LogP contribution in [0.25, 0.3) is 11.6 Å². The molecule has 1 saturated carbocycles. The van der Waals surface area contributed by atoms with Crippen molar-refractivity contribution in [2.45, 2.75) is 52.4 Å². The molecule has 1 fully saturated rings. The van der Waals surface area contributed by atoms with Crippen LogP contribution in [0, 0.1) is 11.3 Å². The van der Waals surface area contributed by atoms with Gasteiger partial charge in [0.25, 0.3) is 0 Å². The highest BCUT2D eigenvalue weighted by atomic mass is 35.5. The number of rotatable bonds is 7. The second kappa shape index (κ2) is 8.77. The average molecular weight is 422 g/mol. The van der Waals surface area contributed by atoms with Crippen LogP contribution in [0.4, 0.5) is 0 Å². The minimum atomic E-state index is 0.193. The third-order valence-corrected chi connectivity index (χ3v) is 6.45. The Hall–Kier alpha value is -2.39. The van der Waals surface area contributed by atoms with Crippen LogP contribution in [-0.2, 0) is 4.79 Å². The van der Waals surface area contributed by atoms with Gasteiger partial charge in [-0.1, -0.05) is 36.7 Å². The van der Waals surface area contributed by atoms with Crippen LogP contribution in [0.15, 0.2) is 48.7 Å². The lowest BCUT2D eigenvalue weighted by Gasteiger charge is -2.21. The zero-order chi connectivity index (χ0) is 21.1. The van der Waals surface area contributed by atoms with Crippen molar-refractivity contribution >= 4 is 29.0 Å². The van der Waals surface area contributed by atoms with E-state index in [-0.39, 0.29) is 11.7 Å². The lowest BCUT2D eigenvalue weighted by molar-refractivity contribution is -0.117. The van der Waals surface area contributed by atoms with Crippen LogP contribution in [-0.4, -0.2) is 10.8 Å². The molecule has 3 nitrogen and oxygen atoms in total. The smallest absolute Gasteiger partial charge is 0.146 e. The summed E-state index contributed by atoms with van der Waals surface area (Å²) < 4.78 is 5.95. The van der Waals surface area contributed by atoms with Gasteiger partial charge in [0.2, 0.25) is 0 Å². The van der Waals surface area contributed by atoms with Gasteiger partial charge in [-0.25, -0.2) is 0 Å². The largest absolute Gasteiger partial charge is 0.454 e. The molecule has 0 saturated heterocycles. The summed E-state index contributed by atoms with van der Waals surface area (Å²) in [6.45, 7) is 3.64. The van der Waals surface area contributed by atoms with E-state index in [1.165, 1.54) is 36.8 Å². The second-order valence-corrected chi connectivity index (χ2v) is 9.25. The SMILES string of the molecule is CC(=O)C[C@@H](C)/C=C/c1ccc(Oc2ccc(C3=CCC4(CC3)CC4)cc2Cl)cn1. The number of allylic oxidation sites excluding steroid dienone is 3. The number of hydrogen-bond donors (Lipinski definition) is 0. The van der Waals surface area contributed by atoms with Crippen LogP contribution in [0.2, 0.25) is 5.02 Å². The summed E-state index contributed by atoms with van der Waals surface area (Å²) >= 11 is 6.51. The molecule has 156 valence electrons. The summed E-state index contributed by atoms with van der Waals surface area (Å²) in [5.41, 5.74) is 4.06. The summed E-state index contributed by atoms with van der Waals surface area (Å²) in [6, 6.07) is 9.82. The minimum absolute atomic E-state index is 0.193. The maximum atomic E-state index is 11.2. The molecular formula is C26H28ClNO2. The zero-order valence-electron chi connectivity index (χ0n) is 17.7. The van der Waals surface area contributed by atoms with Gasteiger partial charge in [0.05, 0.1) is 16.9 Å². The van der Waals surface area contributed by atoms with Crippen molar-refractivity contribution in [1.82, 2.24) is 4.98 Å². The lowest BCUT2D eigenvalue weighted by atomic mass is 9.84. The van der Waals surface area contributed by atoms with E-state index in [9.17, 15) is 4.79 Å². The van der Waals surface area contributed by atoms with Crippen molar-refractivity contribution in [3.8, 4) is 11.5 Å². The van der Waals surface area contributed by atoms with Crippen molar-refractivity contribution in [1.29, 1.82) is 0 Å². The Morgan fingerprint density at radius 3 is 2.70 bits per heavy atom. The van der Waals surface area contributed by atoms with E-state index >= 15 is 0 Å². The topological polar surface area (TPSA) is 39.2 Å². The van der Waals surface area contributed by atoms with Crippen LogP contribution in [0.1, 0.15) is 63.6 Å². The summed E-state index contributed by atoms with van der Waals surface area (Å²) in [6.07, 6.45) is 15.0. The van der Waals surface area contributed by atoms with Crippen molar-refractivity contribution in [2.24, 2.45) is 11.3 Å². The van der Waals surface area contributed by atoms with E-state index in [1.54, 1.807) is 13.1 Å². The standard InChI is InChI=1S/C26H28ClNO2/c1-18(15-19(2)29)3-5-22-6-7-23(17-28-22)30-25-8-4-21(16-24(25)27)20-9-11-26(12-10-20)13-14-26/h3-9,16-18H,10-15H2,1-2H3/b5-3+/t18-/m0/s1. The van der Waals surface area contributed by atoms with Crippen molar-refractivity contribution < 1.29 is 9.53 Å². The Labute approximate surface area is 183 Å². The number of carbonyl (C=O) groups is 1. The predicted molar refractivity (Wildman–Crippen MR) is 123 cm³/mol. The van der Waals surface area contributed by atoms with Gasteiger partial charge < -0.3 is 9.53 Å². The highest BCUT2D eigenvalue weighted by Gasteiger charge is 2.42. The molecule has 1 aromatic heterocycles. The molecule has 2 aromatic rings. The highest BCUT2D eigenvalue weighted by Crippen LogP contribution is 2.56. The zero-order valence-corrected chi connectivity index (χ0v) is 18.4. The lowest BCUT2D eigenvalue weighted by Crippen LogP contribution is -2.05. The molecule has 30 heavy (non-hydrogen) atoms. The second-order valence-electron chi connectivity index (χ2n) is 8.84. The Balaban J connectivity index is 1.39. The van der Waals surface area contributed by atoms with E-state index in [0.29, 0.717) is 28.4 Å². The molecule has 1 atom stereocenters. The van der Waals surface area contributed by atoms with E-state index in [2.05, 4.69) is 17.1 Å². The molecule has 2 aliphatic carbocycles. The summed E-state index contributed by atoms with van der Waals surface area (Å²) in [4.78, 5) is 15.6. The monoisotopic (exact) mass is 421 g/mol. The number of halogens is 1. The van der Waals surface area contributed by atoms with Crippen molar-refractivity contribution in [3.05, 3.63) is 65.0 Å². The van der Waals surface area contributed by atoms with Gasteiger partial charge in [0.1, 0.15) is 17.3 Å². The van der Waals surface area contributed by atoms with Gasteiger partial charge in [-0.2, -0.15) is 0 Å².